The molecule has 6 aromatic rings. The van der Waals surface area contributed by atoms with E-state index in [0.29, 0.717) is 10.7 Å². The molecule has 0 saturated heterocycles. The van der Waals surface area contributed by atoms with Crippen LogP contribution in [0.5, 0.6) is 0 Å². The molecule has 0 aliphatic heterocycles. The molecule has 168 valence electrons. The second-order valence-corrected chi connectivity index (χ2v) is 9.22. The molecule has 5 heteroatoms. The molecule has 0 saturated carbocycles. The number of nitrogens with one attached hydrogen (secondary N) is 1. The lowest BCUT2D eigenvalue weighted by atomic mass is 9.97. The zero-order valence-electron chi connectivity index (χ0n) is 19.0. The van der Waals surface area contributed by atoms with Crippen LogP contribution in [-0.4, -0.2) is 15.9 Å². The Balaban J connectivity index is 1.40. The maximum Gasteiger partial charge on any atom is 0.258 e. The third-order valence-corrected chi connectivity index (χ3v) is 6.96. The summed E-state index contributed by atoms with van der Waals surface area (Å²) in [7, 11) is 0. The Morgan fingerprint density at radius 1 is 0.771 bits per heavy atom. The average Bonchev–Trinajstić information content (AvgIpc) is 3.36. The first-order chi connectivity index (χ1) is 17.2. The molecule has 0 fully saturated rings. The Morgan fingerprint density at radius 2 is 1.49 bits per heavy atom. The zero-order chi connectivity index (χ0) is 23.8. The van der Waals surface area contributed by atoms with Gasteiger partial charge in [-0.15, -0.1) is 11.3 Å². The van der Waals surface area contributed by atoms with Crippen molar-refractivity contribution in [2.45, 2.75) is 6.92 Å². The predicted octanol–water partition coefficient (Wildman–Crippen LogP) is 7.74. The molecule has 0 spiro atoms. The first kappa shape index (κ1) is 21.2. The highest BCUT2D eigenvalue weighted by Gasteiger charge is 2.20. The minimum atomic E-state index is -0.183. The van der Waals surface area contributed by atoms with Gasteiger partial charge in [0.25, 0.3) is 5.91 Å². The van der Waals surface area contributed by atoms with Gasteiger partial charge in [-0.3, -0.25) is 10.1 Å². The molecule has 4 aromatic carbocycles. The summed E-state index contributed by atoms with van der Waals surface area (Å²) in [5, 5.41) is 8.74. The Bertz CT molecular complexity index is 1700. The molecule has 1 amide bonds. The van der Waals surface area contributed by atoms with Gasteiger partial charge in [0.05, 0.1) is 22.5 Å². The van der Waals surface area contributed by atoms with Gasteiger partial charge in [-0.05, 0) is 29.3 Å². The number of carbonyl (C=O) groups is 1. The first-order valence-electron chi connectivity index (χ1n) is 11.4. The number of hydrogen-bond acceptors (Lipinski definition) is 4. The molecule has 0 bridgehead atoms. The summed E-state index contributed by atoms with van der Waals surface area (Å²) in [5.41, 5.74) is 5.95. The van der Waals surface area contributed by atoms with Crippen molar-refractivity contribution in [2.75, 3.05) is 5.32 Å². The van der Waals surface area contributed by atoms with Crippen molar-refractivity contribution in [3.05, 3.63) is 114 Å². The van der Waals surface area contributed by atoms with E-state index in [1.165, 1.54) is 11.3 Å². The molecule has 0 radical (unpaired) electrons. The number of carbonyl (C=O) groups excluding carboxylic acids is 1. The van der Waals surface area contributed by atoms with Gasteiger partial charge in [-0.1, -0.05) is 91.0 Å². The van der Waals surface area contributed by atoms with Crippen molar-refractivity contribution in [3.63, 3.8) is 0 Å². The van der Waals surface area contributed by atoms with Crippen LogP contribution < -0.4 is 5.32 Å². The minimum absolute atomic E-state index is 0.183. The van der Waals surface area contributed by atoms with Crippen LogP contribution in [0.3, 0.4) is 0 Å². The number of pyridine rings is 1. The van der Waals surface area contributed by atoms with E-state index in [-0.39, 0.29) is 5.91 Å². The van der Waals surface area contributed by atoms with Gasteiger partial charge < -0.3 is 0 Å². The Morgan fingerprint density at radius 3 is 2.34 bits per heavy atom. The number of nitrogens with zero attached hydrogens (tertiary/aromatic N) is 2. The normalized spacial score (nSPS) is 11.1. The topological polar surface area (TPSA) is 54.9 Å². The van der Waals surface area contributed by atoms with Crippen LogP contribution in [0.2, 0.25) is 0 Å². The molecule has 4 nitrogen and oxygen atoms in total. The van der Waals surface area contributed by atoms with Crippen LogP contribution in [-0.2, 0) is 0 Å². The van der Waals surface area contributed by atoms with E-state index in [1.807, 2.05) is 85.1 Å². The van der Waals surface area contributed by atoms with E-state index in [2.05, 4.69) is 29.6 Å². The number of hydrogen-bond donors (Lipinski definition) is 1. The standard InChI is InChI=1S/C30H21N3OS/c1-19-27(24-15-7-8-17-25(24)31-28(19)21-11-3-2-4-12-21)29(34)33-30-32-26(18-35-30)23-16-9-13-20-10-5-6-14-22(20)23/h2-18H,1H3,(H,32,33,34). The molecule has 35 heavy (non-hydrogen) atoms. The van der Waals surface area contributed by atoms with Crippen molar-refractivity contribution in [1.82, 2.24) is 9.97 Å². The summed E-state index contributed by atoms with van der Waals surface area (Å²) in [6.45, 7) is 1.96. The largest absolute Gasteiger partial charge is 0.298 e. The number of fused-ring (bicyclic) bond motifs is 2. The minimum Gasteiger partial charge on any atom is -0.298 e. The van der Waals surface area contributed by atoms with Gasteiger partial charge in [-0.25, -0.2) is 9.97 Å². The number of para-hydroxylation sites is 1. The lowest BCUT2D eigenvalue weighted by molar-refractivity contribution is 0.102. The third kappa shape index (κ3) is 3.86. The smallest absolute Gasteiger partial charge is 0.258 e. The van der Waals surface area contributed by atoms with Crippen LogP contribution in [0, 0.1) is 6.92 Å². The Kier molecular flexibility index (Phi) is 5.32. The van der Waals surface area contributed by atoms with Crippen molar-refractivity contribution in [2.24, 2.45) is 0 Å². The van der Waals surface area contributed by atoms with Crippen molar-refractivity contribution in [3.8, 4) is 22.5 Å². The number of anilines is 1. The Labute approximate surface area is 206 Å². The monoisotopic (exact) mass is 471 g/mol. The van der Waals surface area contributed by atoms with Crippen molar-refractivity contribution in [1.29, 1.82) is 0 Å². The van der Waals surface area contributed by atoms with Gasteiger partial charge in [0.15, 0.2) is 5.13 Å². The second-order valence-electron chi connectivity index (χ2n) is 8.36. The van der Waals surface area contributed by atoms with Gasteiger partial charge in [0.1, 0.15) is 0 Å². The van der Waals surface area contributed by atoms with Gasteiger partial charge in [0.2, 0.25) is 0 Å². The SMILES string of the molecule is Cc1c(-c2ccccc2)nc2ccccc2c1C(=O)Nc1nc(-c2cccc3ccccc23)cs1. The maximum absolute atomic E-state index is 13.6. The number of benzene rings is 4. The van der Waals surface area contributed by atoms with Crippen LogP contribution >= 0.6 is 11.3 Å². The van der Waals surface area contributed by atoms with Gasteiger partial charge >= 0.3 is 0 Å². The number of rotatable bonds is 4. The quantitative estimate of drug-likeness (QED) is 0.286. The third-order valence-electron chi connectivity index (χ3n) is 6.20. The maximum atomic E-state index is 13.6. The van der Waals surface area contributed by atoms with Crippen molar-refractivity contribution < 1.29 is 4.79 Å². The number of thiazole rings is 1. The molecule has 1 N–H and O–H groups in total. The first-order valence-corrected chi connectivity index (χ1v) is 12.3. The molecule has 0 aliphatic rings. The summed E-state index contributed by atoms with van der Waals surface area (Å²) in [5.74, 6) is -0.183. The van der Waals surface area contributed by atoms with Gasteiger partial charge in [0, 0.05) is 21.9 Å². The van der Waals surface area contributed by atoms with Crippen LogP contribution in [0.1, 0.15) is 15.9 Å². The summed E-state index contributed by atoms with van der Waals surface area (Å²) in [6, 6.07) is 32.2. The summed E-state index contributed by atoms with van der Waals surface area (Å²) >= 11 is 1.43. The average molecular weight is 472 g/mol. The van der Waals surface area contributed by atoms with E-state index in [4.69, 9.17) is 9.97 Å². The molecular weight excluding hydrogens is 450 g/mol. The fourth-order valence-corrected chi connectivity index (χ4v) is 5.25. The number of aromatic nitrogens is 2. The zero-order valence-corrected chi connectivity index (χ0v) is 19.8. The lowest BCUT2D eigenvalue weighted by Gasteiger charge is -2.14. The van der Waals surface area contributed by atoms with Gasteiger partial charge in [-0.2, -0.15) is 0 Å². The molecule has 2 aromatic heterocycles. The molecule has 2 heterocycles. The summed E-state index contributed by atoms with van der Waals surface area (Å²) < 4.78 is 0. The summed E-state index contributed by atoms with van der Waals surface area (Å²) in [4.78, 5) is 23.3. The molecule has 0 aliphatic carbocycles. The fourth-order valence-electron chi connectivity index (χ4n) is 4.54. The predicted molar refractivity (Wildman–Crippen MR) is 145 cm³/mol. The van der Waals surface area contributed by atoms with Crippen LogP contribution in [0.15, 0.2) is 102 Å². The molecule has 0 unspecified atom stereocenters. The fraction of sp³-hybridized carbons (Fsp3) is 0.0333. The van der Waals surface area contributed by atoms with E-state index in [0.717, 1.165) is 49.8 Å². The lowest BCUT2D eigenvalue weighted by Crippen LogP contribution is -2.15. The van der Waals surface area contributed by atoms with E-state index in [9.17, 15) is 4.79 Å². The molecular formula is C30H21N3OS. The van der Waals surface area contributed by atoms with Crippen LogP contribution in [0.4, 0.5) is 5.13 Å². The van der Waals surface area contributed by atoms with Crippen molar-refractivity contribution >= 4 is 44.1 Å². The van der Waals surface area contributed by atoms with E-state index in [1.54, 1.807) is 0 Å². The second kappa shape index (κ2) is 8.78. The summed E-state index contributed by atoms with van der Waals surface area (Å²) in [6.07, 6.45) is 0. The van der Waals surface area contributed by atoms with Crippen LogP contribution in [0.25, 0.3) is 44.2 Å². The Hall–Kier alpha value is -4.35. The molecule has 0 atom stereocenters. The highest BCUT2D eigenvalue weighted by Crippen LogP contribution is 2.33. The highest BCUT2D eigenvalue weighted by molar-refractivity contribution is 7.14. The number of amides is 1. The van der Waals surface area contributed by atoms with E-state index >= 15 is 0 Å². The molecule has 6 rings (SSSR count). The highest BCUT2D eigenvalue weighted by atomic mass is 32.1. The van der Waals surface area contributed by atoms with E-state index < -0.39 is 0 Å².